The normalized spacial score (nSPS) is 19.1. The van der Waals surface area contributed by atoms with Crippen molar-refractivity contribution in [3.8, 4) is 0 Å². The van der Waals surface area contributed by atoms with Crippen LogP contribution in [0.2, 0.25) is 0 Å². The van der Waals surface area contributed by atoms with E-state index in [1.807, 2.05) is 0 Å². The molecule has 0 saturated heterocycles. The molecule has 3 heteroatoms. The van der Waals surface area contributed by atoms with Crippen LogP contribution in [0.15, 0.2) is 0 Å². The van der Waals surface area contributed by atoms with Crippen LogP contribution >= 0.6 is 0 Å². The molecule has 1 atom stereocenters. The van der Waals surface area contributed by atoms with Crippen LogP contribution in [-0.2, 0) is 4.79 Å². The van der Waals surface area contributed by atoms with E-state index in [-0.39, 0.29) is 6.54 Å². The Hall–Kier alpha value is -0.570. The molecule has 0 amide bonds. The minimum atomic E-state index is -0.760. The number of hydrogen-bond donors (Lipinski definition) is 2. The Balaban J connectivity index is 2.10. The molecule has 0 aromatic carbocycles. The number of carboxylic acids is 1. The molecular formula is C9H17NO2. The maximum atomic E-state index is 10.3. The van der Waals surface area contributed by atoms with Crippen molar-refractivity contribution in [1.82, 2.24) is 5.32 Å². The minimum absolute atomic E-state index is 0.102. The van der Waals surface area contributed by atoms with Gasteiger partial charge in [0.05, 0.1) is 6.54 Å². The van der Waals surface area contributed by atoms with Crippen molar-refractivity contribution in [2.75, 3.05) is 6.54 Å². The van der Waals surface area contributed by atoms with Gasteiger partial charge in [-0.25, -0.2) is 0 Å². The standard InChI is InChI=1S/C9H17NO2/c1-2-8(5-7-3-4-7)10-6-9(11)12/h7-8,10H,2-6H2,1H3,(H,11,12). The molecule has 0 heterocycles. The van der Waals surface area contributed by atoms with Crippen molar-refractivity contribution in [3.05, 3.63) is 0 Å². The molecule has 0 bridgehead atoms. The molecule has 1 fully saturated rings. The van der Waals surface area contributed by atoms with Crippen LogP contribution in [0.4, 0.5) is 0 Å². The summed E-state index contributed by atoms with van der Waals surface area (Å²) in [6.07, 6.45) is 4.87. The Morgan fingerprint density at radius 3 is 2.75 bits per heavy atom. The van der Waals surface area contributed by atoms with Gasteiger partial charge in [0, 0.05) is 6.04 Å². The summed E-state index contributed by atoms with van der Waals surface area (Å²) in [6.45, 7) is 2.20. The van der Waals surface area contributed by atoms with Crippen LogP contribution in [0.1, 0.15) is 32.6 Å². The van der Waals surface area contributed by atoms with Crippen molar-refractivity contribution < 1.29 is 9.90 Å². The lowest BCUT2D eigenvalue weighted by atomic mass is 10.1. The van der Waals surface area contributed by atoms with Gasteiger partial charge in [-0.1, -0.05) is 19.8 Å². The zero-order valence-electron chi connectivity index (χ0n) is 7.55. The predicted molar refractivity (Wildman–Crippen MR) is 47.1 cm³/mol. The van der Waals surface area contributed by atoms with Crippen molar-refractivity contribution in [1.29, 1.82) is 0 Å². The first kappa shape index (κ1) is 9.52. The quantitative estimate of drug-likeness (QED) is 0.632. The number of nitrogens with one attached hydrogen (secondary N) is 1. The SMILES string of the molecule is CCC(CC1CC1)NCC(=O)O. The first-order valence-electron chi connectivity index (χ1n) is 4.67. The monoisotopic (exact) mass is 171 g/mol. The lowest BCUT2D eigenvalue weighted by Crippen LogP contribution is -2.33. The zero-order chi connectivity index (χ0) is 8.97. The summed E-state index contributed by atoms with van der Waals surface area (Å²) >= 11 is 0. The summed E-state index contributed by atoms with van der Waals surface area (Å²) in [5.74, 6) is 0.112. The van der Waals surface area contributed by atoms with Gasteiger partial charge in [0.15, 0.2) is 0 Å². The fourth-order valence-electron chi connectivity index (χ4n) is 1.38. The van der Waals surface area contributed by atoms with Crippen LogP contribution < -0.4 is 5.32 Å². The second-order valence-corrected chi connectivity index (χ2v) is 3.56. The third-order valence-electron chi connectivity index (χ3n) is 2.35. The molecule has 0 radical (unpaired) electrons. The first-order valence-corrected chi connectivity index (χ1v) is 4.67. The number of carbonyl (C=O) groups is 1. The van der Waals surface area contributed by atoms with Crippen molar-refractivity contribution in [2.45, 2.75) is 38.6 Å². The molecule has 12 heavy (non-hydrogen) atoms. The second-order valence-electron chi connectivity index (χ2n) is 3.56. The fourth-order valence-corrected chi connectivity index (χ4v) is 1.38. The Morgan fingerprint density at radius 2 is 2.33 bits per heavy atom. The molecule has 0 aromatic heterocycles. The summed E-state index contributed by atoms with van der Waals surface area (Å²) in [4.78, 5) is 10.3. The molecule has 1 aliphatic carbocycles. The largest absolute Gasteiger partial charge is 0.480 e. The van der Waals surface area contributed by atoms with Crippen molar-refractivity contribution >= 4 is 5.97 Å². The fraction of sp³-hybridized carbons (Fsp3) is 0.889. The van der Waals surface area contributed by atoms with E-state index in [1.165, 1.54) is 12.8 Å². The molecule has 2 N–H and O–H groups in total. The molecule has 0 spiro atoms. The Labute approximate surface area is 73.2 Å². The third kappa shape index (κ3) is 3.72. The molecule has 70 valence electrons. The van der Waals surface area contributed by atoms with Gasteiger partial charge in [-0.05, 0) is 18.8 Å². The molecule has 0 aromatic rings. The van der Waals surface area contributed by atoms with Crippen LogP contribution in [0.5, 0.6) is 0 Å². The van der Waals surface area contributed by atoms with Crippen molar-refractivity contribution in [2.24, 2.45) is 5.92 Å². The summed E-state index contributed by atoms with van der Waals surface area (Å²) in [7, 11) is 0. The van der Waals surface area contributed by atoms with E-state index < -0.39 is 5.97 Å². The molecule has 1 aliphatic rings. The van der Waals surface area contributed by atoms with E-state index in [1.54, 1.807) is 0 Å². The van der Waals surface area contributed by atoms with E-state index in [0.717, 1.165) is 18.8 Å². The van der Waals surface area contributed by atoms with Gasteiger partial charge in [-0.15, -0.1) is 0 Å². The van der Waals surface area contributed by atoms with Crippen molar-refractivity contribution in [3.63, 3.8) is 0 Å². The smallest absolute Gasteiger partial charge is 0.317 e. The predicted octanol–water partition coefficient (Wildman–Crippen LogP) is 1.24. The highest BCUT2D eigenvalue weighted by molar-refractivity contribution is 5.69. The van der Waals surface area contributed by atoms with Gasteiger partial charge in [0.1, 0.15) is 0 Å². The van der Waals surface area contributed by atoms with Crippen LogP contribution in [0, 0.1) is 5.92 Å². The zero-order valence-corrected chi connectivity index (χ0v) is 7.55. The number of hydrogen-bond acceptors (Lipinski definition) is 2. The Bertz CT molecular complexity index is 155. The van der Waals surface area contributed by atoms with E-state index in [9.17, 15) is 4.79 Å². The van der Waals surface area contributed by atoms with Crippen LogP contribution in [0.3, 0.4) is 0 Å². The third-order valence-corrected chi connectivity index (χ3v) is 2.35. The second kappa shape index (κ2) is 4.45. The highest BCUT2D eigenvalue weighted by atomic mass is 16.4. The average Bonchev–Trinajstić information content (AvgIpc) is 2.81. The number of aliphatic carboxylic acids is 1. The van der Waals surface area contributed by atoms with Gasteiger partial charge in [0.2, 0.25) is 0 Å². The van der Waals surface area contributed by atoms with E-state index in [2.05, 4.69) is 12.2 Å². The minimum Gasteiger partial charge on any atom is -0.480 e. The van der Waals surface area contributed by atoms with Gasteiger partial charge in [-0.2, -0.15) is 0 Å². The maximum Gasteiger partial charge on any atom is 0.317 e. The Morgan fingerprint density at radius 1 is 1.67 bits per heavy atom. The number of carboxylic acid groups (broad SMARTS) is 1. The van der Waals surface area contributed by atoms with E-state index in [0.29, 0.717) is 6.04 Å². The van der Waals surface area contributed by atoms with Gasteiger partial charge < -0.3 is 10.4 Å². The lowest BCUT2D eigenvalue weighted by molar-refractivity contribution is -0.136. The molecule has 3 nitrogen and oxygen atoms in total. The lowest BCUT2D eigenvalue weighted by Gasteiger charge is -2.14. The van der Waals surface area contributed by atoms with Crippen LogP contribution in [0.25, 0.3) is 0 Å². The highest BCUT2D eigenvalue weighted by Crippen LogP contribution is 2.33. The molecular weight excluding hydrogens is 154 g/mol. The van der Waals surface area contributed by atoms with E-state index >= 15 is 0 Å². The van der Waals surface area contributed by atoms with Gasteiger partial charge in [0.25, 0.3) is 0 Å². The molecule has 1 unspecified atom stereocenters. The average molecular weight is 171 g/mol. The summed E-state index contributed by atoms with van der Waals surface area (Å²) in [5, 5.41) is 11.5. The number of rotatable bonds is 6. The van der Waals surface area contributed by atoms with E-state index in [4.69, 9.17) is 5.11 Å². The maximum absolute atomic E-state index is 10.3. The summed E-state index contributed by atoms with van der Waals surface area (Å²) < 4.78 is 0. The topological polar surface area (TPSA) is 49.3 Å². The molecule has 1 rings (SSSR count). The first-order chi connectivity index (χ1) is 5.72. The molecule has 0 aliphatic heterocycles. The molecule has 1 saturated carbocycles. The summed E-state index contributed by atoms with van der Waals surface area (Å²) in [6, 6.07) is 0.411. The van der Waals surface area contributed by atoms with Crippen LogP contribution in [-0.4, -0.2) is 23.7 Å². The Kier molecular flexibility index (Phi) is 3.53. The van der Waals surface area contributed by atoms with Gasteiger partial charge >= 0.3 is 5.97 Å². The summed E-state index contributed by atoms with van der Waals surface area (Å²) in [5.41, 5.74) is 0. The van der Waals surface area contributed by atoms with Gasteiger partial charge in [-0.3, -0.25) is 4.79 Å². The highest BCUT2D eigenvalue weighted by Gasteiger charge is 2.24.